The highest BCUT2D eigenvalue weighted by Gasteiger charge is 2.36. The number of nitro benzene ring substituents is 1. The fourth-order valence-electron chi connectivity index (χ4n) is 6.46. The van der Waals surface area contributed by atoms with Gasteiger partial charge >= 0.3 is 5.69 Å². The van der Waals surface area contributed by atoms with Crippen LogP contribution >= 0.6 is 0 Å². The highest BCUT2D eigenvalue weighted by atomic mass is 16.6. The maximum absolute atomic E-state index is 11.7. The number of anilines is 1. The normalized spacial score (nSPS) is 25.1. The van der Waals surface area contributed by atoms with E-state index in [-0.39, 0.29) is 16.5 Å². The molecule has 3 fully saturated rings. The number of likely N-dealkylation sites (tertiary alicyclic amines) is 1. The smallest absolute Gasteiger partial charge is 0.311 e. The Balaban J connectivity index is 1.24. The number of methoxy groups -OCH3 is 1. The molecule has 35 heavy (non-hydrogen) atoms. The molecule has 3 saturated heterocycles. The van der Waals surface area contributed by atoms with Gasteiger partial charge in [-0.05, 0) is 81.1 Å². The highest BCUT2D eigenvalue weighted by molar-refractivity contribution is 5.93. The van der Waals surface area contributed by atoms with Crippen molar-refractivity contribution in [1.82, 2.24) is 10.2 Å². The summed E-state index contributed by atoms with van der Waals surface area (Å²) in [4.78, 5) is 16.4. The van der Waals surface area contributed by atoms with Gasteiger partial charge in [-0.2, -0.15) is 0 Å². The van der Waals surface area contributed by atoms with Gasteiger partial charge in [-0.1, -0.05) is 4.68 Å². The number of rotatable bonds is 6. The lowest BCUT2D eigenvalue weighted by atomic mass is 9.71. The van der Waals surface area contributed by atoms with Crippen molar-refractivity contribution in [2.45, 2.75) is 44.4 Å². The van der Waals surface area contributed by atoms with Crippen molar-refractivity contribution in [3.05, 3.63) is 27.8 Å². The molecule has 1 unspecified atom stereocenters. The number of hydrazone groups is 1. The van der Waals surface area contributed by atoms with Gasteiger partial charge in [-0.3, -0.25) is 10.1 Å². The van der Waals surface area contributed by atoms with Crippen LogP contribution in [0.1, 0.15) is 50.0 Å². The summed E-state index contributed by atoms with van der Waals surface area (Å²) >= 11 is 0. The van der Waals surface area contributed by atoms with Crippen LogP contribution in [0.4, 0.5) is 11.4 Å². The topological polar surface area (TPSA) is 86.2 Å². The standard InChI is InChI=1S/C26H39N6O3/c1-29-19-21(17-28-29)22-15-24(32(33)34)25(35-2)16-23(22)31-11-3-20(4-12-31)18-30-13-7-26(8-14-30)5-9-27-10-6-26/h15-17,19-21,27H,3-14,18H2,1-2H3/q+1. The quantitative estimate of drug-likeness (QED) is 0.380. The second-order valence-electron chi connectivity index (χ2n) is 10.8. The first-order valence-corrected chi connectivity index (χ1v) is 13.1. The molecular weight excluding hydrogens is 444 g/mol. The van der Waals surface area contributed by atoms with Crippen LogP contribution in [0.15, 0.2) is 17.2 Å². The summed E-state index contributed by atoms with van der Waals surface area (Å²) in [5, 5.41) is 19.5. The van der Waals surface area contributed by atoms with Crippen molar-refractivity contribution in [2.75, 3.05) is 64.9 Å². The van der Waals surface area contributed by atoms with Crippen molar-refractivity contribution in [3.63, 3.8) is 0 Å². The molecule has 0 bridgehead atoms. The first-order chi connectivity index (χ1) is 17.0. The van der Waals surface area contributed by atoms with Crippen LogP contribution in [0.2, 0.25) is 0 Å². The maximum Gasteiger partial charge on any atom is 0.311 e. The van der Waals surface area contributed by atoms with Crippen molar-refractivity contribution in [3.8, 4) is 5.75 Å². The van der Waals surface area contributed by atoms with Gasteiger partial charge in [0.25, 0.3) is 0 Å². The molecule has 9 heteroatoms. The van der Waals surface area contributed by atoms with Gasteiger partial charge in [0.05, 0.1) is 18.2 Å². The largest absolute Gasteiger partial charge is 0.490 e. The molecule has 0 amide bonds. The van der Waals surface area contributed by atoms with Crippen molar-refractivity contribution >= 4 is 23.8 Å². The fraction of sp³-hybridized carbons (Fsp3) is 0.692. The molecule has 190 valence electrons. The molecule has 4 aliphatic heterocycles. The zero-order valence-electron chi connectivity index (χ0n) is 21.1. The first kappa shape index (κ1) is 24.2. The Labute approximate surface area is 208 Å². The van der Waals surface area contributed by atoms with Gasteiger partial charge in [0.15, 0.2) is 19.0 Å². The molecule has 1 aromatic rings. The lowest BCUT2D eigenvalue weighted by molar-refractivity contribution is -0.494. The lowest BCUT2D eigenvalue weighted by Crippen LogP contribution is -2.47. The average molecular weight is 484 g/mol. The number of ether oxygens (including phenoxy) is 1. The van der Waals surface area contributed by atoms with Gasteiger partial charge in [-0.25, -0.2) is 0 Å². The van der Waals surface area contributed by atoms with E-state index < -0.39 is 0 Å². The third kappa shape index (κ3) is 5.21. The van der Waals surface area contributed by atoms with E-state index in [4.69, 9.17) is 4.74 Å². The van der Waals surface area contributed by atoms with Gasteiger partial charge in [0.1, 0.15) is 5.92 Å². The molecule has 5 rings (SSSR count). The van der Waals surface area contributed by atoms with Crippen LogP contribution in [0.5, 0.6) is 5.75 Å². The summed E-state index contributed by atoms with van der Waals surface area (Å²) in [6.07, 6.45) is 11.5. The van der Waals surface area contributed by atoms with E-state index in [0.717, 1.165) is 37.2 Å². The summed E-state index contributed by atoms with van der Waals surface area (Å²) in [6, 6.07) is 3.54. The van der Waals surface area contributed by atoms with E-state index in [1.165, 1.54) is 65.5 Å². The molecule has 0 radical (unpaired) electrons. The average Bonchev–Trinajstić information content (AvgIpc) is 3.32. The summed E-state index contributed by atoms with van der Waals surface area (Å²) < 4.78 is 7.18. The number of hydrogen-bond donors (Lipinski definition) is 1. The Morgan fingerprint density at radius 2 is 1.89 bits per heavy atom. The van der Waals surface area contributed by atoms with E-state index in [1.807, 2.05) is 25.5 Å². The molecule has 4 heterocycles. The SMILES string of the molecule is COc1cc(N2CCC(CN3CCC4(CCNCC4)CC3)CC2)c(C2C=N[N+](C)=C2)cc1[N+](=O)[O-]. The minimum Gasteiger partial charge on any atom is -0.490 e. The van der Waals surface area contributed by atoms with Crippen LogP contribution in [0, 0.1) is 21.4 Å². The second-order valence-corrected chi connectivity index (χ2v) is 10.8. The van der Waals surface area contributed by atoms with Crippen molar-refractivity contribution in [2.24, 2.45) is 16.4 Å². The number of hydrogen-bond acceptors (Lipinski definition) is 7. The van der Waals surface area contributed by atoms with E-state index in [2.05, 4.69) is 20.2 Å². The zero-order chi connectivity index (χ0) is 24.4. The minimum absolute atomic E-state index is 0.00843. The summed E-state index contributed by atoms with van der Waals surface area (Å²) in [6.45, 7) is 7.99. The molecule has 1 N–H and O–H groups in total. The van der Waals surface area contributed by atoms with Crippen molar-refractivity contribution < 1.29 is 14.3 Å². The molecule has 1 aromatic carbocycles. The first-order valence-electron chi connectivity index (χ1n) is 13.1. The Morgan fingerprint density at radius 1 is 1.17 bits per heavy atom. The van der Waals surface area contributed by atoms with Crippen molar-refractivity contribution in [1.29, 1.82) is 0 Å². The van der Waals surface area contributed by atoms with Gasteiger partial charge in [0, 0.05) is 43.0 Å². The van der Waals surface area contributed by atoms with Crippen LogP contribution in [-0.4, -0.2) is 86.9 Å². The summed E-state index contributed by atoms with van der Waals surface area (Å²) in [7, 11) is 3.38. The van der Waals surface area contributed by atoms with Crippen LogP contribution in [0.25, 0.3) is 0 Å². The van der Waals surface area contributed by atoms with Gasteiger partial charge < -0.3 is 19.9 Å². The zero-order valence-corrected chi connectivity index (χ0v) is 21.1. The molecule has 0 aromatic heterocycles. The Hall–Kier alpha value is -2.52. The number of nitrogens with one attached hydrogen (secondary N) is 1. The molecule has 9 nitrogen and oxygen atoms in total. The number of piperidine rings is 3. The Bertz CT molecular complexity index is 985. The minimum atomic E-state index is -0.360. The number of nitrogens with zero attached hydrogens (tertiary/aromatic N) is 5. The third-order valence-electron chi connectivity index (χ3n) is 8.72. The van der Waals surface area contributed by atoms with Crippen LogP contribution in [0.3, 0.4) is 0 Å². The molecule has 1 atom stereocenters. The summed E-state index contributed by atoms with van der Waals surface area (Å²) in [5.41, 5.74) is 2.56. The molecule has 4 aliphatic rings. The predicted molar refractivity (Wildman–Crippen MR) is 138 cm³/mol. The molecule has 0 saturated carbocycles. The maximum atomic E-state index is 11.7. The Kier molecular flexibility index (Phi) is 7.07. The van der Waals surface area contributed by atoms with E-state index in [9.17, 15) is 10.1 Å². The van der Waals surface area contributed by atoms with Gasteiger partial charge in [-0.15, -0.1) is 0 Å². The second kappa shape index (κ2) is 10.2. The Morgan fingerprint density at radius 3 is 2.49 bits per heavy atom. The number of nitro groups is 1. The number of benzene rings is 1. The fourth-order valence-corrected chi connectivity index (χ4v) is 6.46. The van der Waals surface area contributed by atoms with E-state index >= 15 is 0 Å². The van der Waals surface area contributed by atoms with Crippen LogP contribution in [-0.2, 0) is 0 Å². The third-order valence-corrected chi connectivity index (χ3v) is 8.72. The molecular formula is C26H39N6O3+. The van der Waals surface area contributed by atoms with Gasteiger partial charge in [0.2, 0.25) is 0 Å². The highest BCUT2D eigenvalue weighted by Crippen LogP contribution is 2.41. The lowest BCUT2D eigenvalue weighted by Gasteiger charge is -2.45. The van der Waals surface area contributed by atoms with E-state index in [0.29, 0.717) is 17.1 Å². The molecule has 0 aliphatic carbocycles. The molecule has 1 spiro atoms. The monoisotopic (exact) mass is 483 g/mol. The predicted octanol–water partition coefficient (Wildman–Crippen LogP) is 3.08. The van der Waals surface area contributed by atoms with E-state index in [1.54, 1.807) is 10.8 Å². The van der Waals surface area contributed by atoms with Crippen LogP contribution < -0.4 is 15.0 Å². The summed E-state index contributed by atoms with van der Waals surface area (Å²) in [5.74, 6) is 0.953.